The van der Waals surface area contributed by atoms with Gasteiger partial charge in [-0.05, 0) is 37.0 Å². The van der Waals surface area contributed by atoms with Crippen molar-refractivity contribution in [2.75, 3.05) is 20.8 Å². The first kappa shape index (κ1) is 11.9. The molecular formula is C12H18O3. The molecule has 0 bridgehead atoms. The summed E-state index contributed by atoms with van der Waals surface area (Å²) in [6.45, 7) is 2.20. The third-order valence-corrected chi connectivity index (χ3v) is 2.40. The van der Waals surface area contributed by atoms with E-state index >= 15 is 0 Å². The van der Waals surface area contributed by atoms with Crippen LogP contribution in [0.4, 0.5) is 0 Å². The Morgan fingerprint density at radius 2 is 1.80 bits per heavy atom. The van der Waals surface area contributed by atoms with Crippen molar-refractivity contribution in [2.45, 2.75) is 19.8 Å². The van der Waals surface area contributed by atoms with Gasteiger partial charge >= 0.3 is 0 Å². The van der Waals surface area contributed by atoms with Gasteiger partial charge in [-0.3, -0.25) is 0 Å². The first-order chi connectivity index (χ1) is 7.22. The topological polar surface area (TPSA) is 38.7 Å². The number of benzene rings is 1. The lowest BCUT2D eigenvalue weighted by atomic mass is 10.0. The highest BCUT2D eigenvalue weighted by Gasteiger charge is 2.07. The van der Waals surface area contributed by atoms with Gasteiger partial charge in [-0.15, -0.1) is 0 Å². The van der Waals surface area contributed by atoms with Crippen molar-refractivity contribution in [1.29, 1.82) is 0 Å². The van der Waals surface area contributed by atoms with Crippen molar-refractivity contribution in [2.24, 2.45) is 0 Å². The van der Waals surface area contributed by atoms with Crippen LogP contribution in [0.5, 0.6) is 11.5 Å². The molecule has 15 heavy (non-hydrogen) atoms. The van der Waals surface area contributed by atoms with E-state index in [4.69, 9.17) is 14.6 Å². The quantitative estimate of drug-likeness (QED) is 0.807. The summed E-state index contributed by atoms with van der Waals surface area (Å²) in [5.74, 6) is 1.66. The molecule has 0 spiro atoms. The fraction of sp³-hybridized carbons (Fsp3) is 0.500. The van der Waals surface area contributed by atoms with Gasteiger partial charge in [-0.1, -0.05) is 0 Å². The maximum atomic E-state index is 8.80. The van der Waals surface area contributed by atoms with Gasteiger partial charge in [0, 0.05) is 12.7 Å². The summed E-state index contributed by atoms with van der Waals surface area (Å²) in [4.78, 5) is 0. The van der Waals surface area contributed by atoms with Crippen molar-refractivity contribution in [3.05, 3.63) is 23.3 Å². The normalized spacial score (nSPS) is 10.1. The van der Waals surface area contributed by atoms with Crippen molar-refractivity contribution in [3.63, 3.8) is 0 Å². The zero-order valence-electron chi connectivity index (χ0n) is 9.54. The van der Waals surface area contributed by atoms with E-state index in [0.29, 0.717) is 0 Å². The molecule has 0 atom stereocenters. The summed E-state index contributed by atoms with van der Waals surface area (Å²) >= 11 is 0. The molecule has 0 aliphatic heterocycles. The van der Waals surface area contributed by atoms with Crippen molar-refractivity contribution < 1.29 is 14.6 Å². The van der Waals surface area contributed by atoms with Crippen molar-refractivity contribution in [3.8, 4) is 11.5 Å². The Balaban J connectivity index is 2.98. The molecule has 0 fully saturated rings. The van der Waals surface area contributed by atoms with Crippen LogP contribution >= 0.6 is 0 Å². The van der Waals surface area contributed by atoms with Crippen LogP contribution in [-0.4, -0.2) is 25.9 Å². The van der Waals surface area contributed by atoms with E-state index in [2.05, 4.69) is 0 Å². The average molecular weight is 210 g/mol. The van der Waals surface area contributed by atoms with Gasteiger partial charge in [0.15, 0.2) is 0 Å². The van der Waals surface area contributed by atoms with Gasteiger partial charge < -0.3 is 14.6 Å². The molecule has 0 aromatic heterocycles. The maximum absolute atomic E-state index is 8.80. The molecule has 84 valence electrons. The van der Waals surface area contributed by atoms with Crippen LogP contribution in [0.3, 0.4) is 0 Å². The Morgan fingerprint density at radius 1 is 1.13 bits per heavy atom. The molecule has 3 heteroatoms. The third-order valence-electron chi connectivity index (χ3n) is 2.40. The molecule has 0 aliphatic carbocycles. The minimum atomic E-state index is 0.203. The van der Waals surface area contributed by atoms with Gasteiger partial charge in [0.2, 0.25) is 0 Å². The molecule has 3 nitrogen and oxygen atoms in total. The van der Waals surface area contributed by atoms with Crippen LogP contribution < -0.4 is 9.47 Å². The zero-order chi connectivity index (χ0) is 11.3. The molecule has 1 aromatic carbocycles. The fourth-order valence-electron chi connectivity index (χ4n) is 1.60. The molecule has 0 saturated heterocycles. The van der Waals surface area contributed by atoms with Gasteiger partial charge in [-0.2, -0.15) is 0 Å². The second-order valence-corrected chi connectivity index (χ2v) is 3.46. The molecule has 0 radical (unpaired) electrons. The Labute approximate surface area is 90.6 Å². The smallest absolute Gasteiger partial charge is 0.125 e. The van der Waals surface area contributed by atoms with Gasteiger partial charge in [0.1, 0.15) is 11.5 Å². The van der Waals surface area contributed by atoms with Crippen LogP contribution in [0.25, 0.3) is 0 Å². The summed E-state index contributed by atoms with van der Waals surface area (Å²) in [6.07, 6.45) is 1.58. The molecule has 1 aromatic rings. The van der Waals surface area contributed by atoms with E-state index in [1.807, 2.05) is 19.1 Å². The lowest BCUT2D eigenvalue weighted by molar-refractivity contribution is 0.287. The Bertz CT molecular complexity index is 321. The number of hydrogen-bond donors (Lipinski definition) is 1. The second kappa shape index (κ2) is 5.61. The van der Waals surface area contributed by atoms with E-state index in [1.54, 1.807) is 14.2 Å². The van der Waals surface area contributed by atoms with Crippen LogP contribution in [0.1, 0.15) is 17.5 Å². The number of methoxy groups -OCH3 is 2. The molecule has 0 heterocycles. The van der Waals surface area contributed by atoms with Gasteiger partial charge in [0.25, 0.3) is 0 Å². The van der Waals surface area contributed by atoms with E-state index in [1.165, 1.54) is 0 Å². The average Bonchev–Trinajstić information content (AvgIpc) is 2.26. The maximum Gasteiger partial charge on any atom is 0.125 e. The summed E-state index contributed by atoms with van der Waals surface area (Å²) in [7, 11) is 3.29. The fourth-order valence-corrected chi connectivity index (χ4v) is 1.60. The molecule has 0 aliphatic rings. The lowest BCUT2D eigenvalue weighted by Crippen LogP contribution is -1.97. The van der Waals surface area contributed by atoms with Gasteiger partial charge in [-0.25, -0.2) is 0 Å². The van der Waals surface area contributed by atoms with E-state index in [-0.39, 0.29) is 6.61 Å². The summed E-state index contributed by atoms with van der Waals surface area (Å²) in [6, 6.07) is 3.94. The highest BCUT2D eigenvalue weighted by atomic mass is 16.5. The van der Waals surface area contributed by atoms with E-state index in [0.717, 1.165) is 35.5 Å². The van der Waals surface area contributed by atoms with E-state index < -0.39 is 0 Å². The molecular weight excluding hydrogens is 192 g/mol. The molecule has 1 rings (SSSR count). The summed E-state index contributed by atoms with van der Waals surface area (Å²) in [5, 5.41) is 8.80. The summed E-state index contributed by atoms with van der Waals surface area (Å²) in [5.41, 5.74) is 2.20. The minimum absolute atomic E-state index is 0.203. The number of aliphatic hydroxyl groups is 1. The largest absolute Gasteiger partial charge is 0.496 e. The molecule has 1 N–H and O–H groups in total. The molecule has 0 unspecified atom stereocenters. The first-order valence-corrected chi connectivity index (χ1v) is 5.05. The highest BCUT2D eigenvalue weighted by molar-refractivity contribution is 5.46. The SMILES string of the molecule is COc1cc(OC)c(CCCO)cc1C. The monoisotopic (exact) mass is 210 g/mol. The van der Waals surface area contributed by atoms with Crippen LogP contribution in [-0.2, 0) is 6.42 Å². The Morgan fingerprint density at radius 3 is 2.33 bits per heavy atom. The van der Waals surface area contributed by atoms with Crippen LogP contribution in [0.15, 0.2) is 12.1 Å². The molecule has 0 saturated carbocycles. The number of rotatable bonds is 5. The van der Waals surface area contributed by atoms with Crippen molar-refractivity contribution in [1.82, 2.24) is 0 Å². The standard InChI is InChI=1S/C12H18O3/c1-9-7-10(5-4-6-13)12(15-3)8-11(9)14-2/h7-8,13H,4-6H2,1-3H3. The Kier molecular flexibility index (Phi) is 4.43. The highest BCUT2D eigenvalue weighted by Crippen LogP contribution is 2.29. The minimum Gasteiger partial charge on any atom is -0.496 e. The third kappa shape index (κ3) is 2.86. The summed E-state index contributed by atoms with van der Waals surface area (Å²) < 4.78 is 10.5. The van der Waals surface area contributed by atoms with Crippen molar-refractivity contribution >= 4 is 0 Å². The number of aliphatic hydroxyl groups excluding tert-OH is 1. The zero-order valence-corrected chi connectivity index (χ0v) is 9.54. The number of aryl methyl sites for hydroxylation is 2. The van der Waals surface area contributed by atoms with E-state index in [9.17, 15) is 0 Å². The van der Waals surface area contributed by atoms with Gasteiger partial charge in [0.05, 0.1) is 14.2 Å². The number of ether oxygens (including phenoxy) is 2. The molecule has 0 amide bonds. The predicted molar refractivity (Wildman–Crippen MR) is 59.7 cm³/mol. The number of hydrogen-bond acceptors (Lipinski definition) is 3. The second-order valence-electron chi connectivity index (χ2n) is 3.46. The Hall–Kier alpha value is -1.22. The van der Waals surface area contributed by atoms with Crippen LogP contribution in [0.2, 0.25) is 0 Å². The van der Waals surface area contributed by atoms with Crippen LogP contribution in [0, 0.1) is 6.92 Å². The predicted octanol–water partition coefficient (Wildman–Crippen LogP) is 1.94. The first-order valence-electron chi connectivity index (χ1n) is 5.05. The lowest BCUT2D eigenvalue weighted by Gasteiger charge is -2.12.